The molecule has 0 fully saturated rings. The molecule has 0 aliphatic heterocycles. The Kier molecular flexibility index (Phi) is 6.93. The molecule has 8 nitrogen and oxygen atoms in total. The predicted octanol–water partition coefficient (Wildman–Crippen LogP) is 3.96. The Labute approximate surface area is 206 Å². The summed E-state index contributed by atoms with van der Waals surface area (Å²) >= 11 is 0.611. The Morgan fingerprint density at radius 3 is 2.50 bits per heavy atom. The molecule has 2 aromatic heterocycles. The molecule has 0 atom stereocenters. The van der Waals surface area contributed by atoms with E-state index in [1.807, 2.05) is 0 Å². The number of carbonyl (C=O) groups is 1. The average Bonchev–Trinajstić information content (AvgIpc) is 3.28. The van der Waals surface area contributed by atoms with Gasteiger partial charge in [0.05, 0.1) is 35.0 Å². The van der Waals surface area contributed by atoms with Crippen LogP contribution in [0.4, 0.5) is 13.2 Å². The molecule has 0 amide bonds. The second-order valence-electron chi connectivity index (χ2n) is 7.24. The number of pyridine rings is 1. The maximum atomic E-state index is 13.8. The summed E-state index contributed by atoms with van der Waals surface area (Å²) in [5.41, 5.74) is -1.59. The maximum Gasteiger partial charge on any atom is 0.417 e. The fraction of sp³-hybridized carbons (Fsp3) is 0.125. The quantitative estimate of drug-likeness (QED) is 0.208. The highest BCUT2D eigenvalue weighted by Gasteiger charge is 2.36. The minimum Gasteiger partial charge on any atom is -0.539 e. The molecular formula is C24H15F3N4O4S. The number of rotatable bonds is 7. The summed E-state index contributed by atoms with van der Waals surface area (Å²) in [4.78, 5) is 17.2. The van der Waals surface area contributed by atoms with Crippen molar-refractivity contribution in [2.45, 2.75) is 11.2 Å². The van der Waals surface area contributed by atoms with Crippen molar-refractivity contribution >= 4 is 17.5 Å². The third-order valence-corrected chi connectivity index (χ3v) is 5.98. The molecule has 12 heteroatoms. The number of ether oxygens (including phenoxy) is 1. The molecular weight excluding hydrogens is 497 g/mol. The molecule has 0 aliphatic carbocycles. The largest absolute Gasteiger partial charge is 0.539 e. The summed E-state index contributed by atoms with van der Waals surface area (Å²) in [6.07, 6.45) is -4.83. The van der Waals surface area contributed by atoms with Crippen molar-refractivity contribution < 1.29 is 37.0 Å². The Hall–Kier alpha value is -4.37. The van der Waals surface area contributed by atoms with Gasteiger partial charge >= 0.3 is 11.9 Å². The van der Waals surface area contributed by atoms with Crippen LogP contribution in [0.15, 0.2) is 70.2 Å². The van der Waals surface area contributed by atoms with E-state index in [1.54, 1.807) is 60.7 Å². The van der Waals surface area contributed by atoms with Gasteiger partial charge in [0.1, 0.15) is 16.8 Å². The second kappa shape index (κ2) is 10.1. The van der Waals surface area contributed by atoms with Crippen LogP contribution in [-0.4, -0.2) is 28.9 Å². The van der Waals surface area contributed by atoms with Crippen molar-refractivity contribution in [3.05, 3.63) is 77.5 Å². The zero-order valence-electron chi connectivity index (χ0n) is 18.4. The van der Waals surface area contributed by atoms with E-state index in [2.05, 4.69) is 14.8 Å². The molecule has 182 valence electrons. The van der Waals surface area contributed by atoms with Gasteiger partial charge in [-0.3, -0.25) is 4.79 Å². The van der Waals surface area contributed by atoms with Crippen LogP contribution >= 0.6 is 11.8 Å². The second-order valence-corrected chi connectivity index (χ2v) is 8.21. The first kappa shape index (κ1) is 24.7. The molecule has 2 aromatic carbocycles. The molecule has 0 spiro atoms. The van der Waals surface area contributed by atoms with Gasteiger partial charge in [-0.25, -0.2) is 4.98 Å². The smallest absolute Gasteiger partial charge is 0.417 e. The summed E-state index contributed by atoms with van der Waals surface area (Å²) in [5.74, 6) is -1.75. The lowest BCUT2D eigenvalue weighted by Crippen LogP contribution is -2.39. The Morgan fingerprint density at radius 1 is 1.19 bits per heavy atom. The van der Waals surface area contributed by atoms with E-state index in [4.69, 9.17) is 4.74 Å². The lowest BCUT2D eigenvalue weighted by molar-refractivity contribution is -0.672. The Morgan fingerprint density at radius 2 is 1.89 bits per heavy atom. The maximum absolute atomic E-state index is 13.8. The van der Waals surface area contributed by atoms with Crippen LogP contribution in [0.1, 0.15) is 21.6 Å². The Bertz CT molecular complexity index is 1450. The third kappa shape index (κ3) is 5.01. The Balaban J connectivity index is 1.69. The average molecular weight is 512 g/mol. The van der Waals surface area contributed by atoms with E-state index in [0.717, 1.165) is 10.7 Å². The fourth-order valence-electron chi connectivity index (χ4n) is 3.30. The van der Waals surface area contributed by atoms with Gasteiger partial charge in [-0.05, 0) is 22.9 Å². The summed E-state index contributed by atoms with van der Waals surface area (Å²) in [5, 5.41) is 25.0. The highest BCUT2D eigenvalue weighted by molar-refractivity contribution is 8.00. The molecule has 0 aliphatic rings. The number of hydrogen-bond acceptors (Lipinski definition) is 8. The number of hydrogen-bond donors (Lipinski definition) is 0. The minimum atomic E-state index is -4.83. The molecule has 0 bridgehead atoms. The zero-order chi connectivity index (χ0) is 25.9. The van der Waals surface area contributed by atoms with Crippen LogP contribution in [0.5, 0.6) is 11.7 Å². The molecule has 36 heavy (non-hydrogen) atoms. The van der Waals surface area contributed by atoms with Gasteiger partial charge in [0, 0.05) is 17.7 Å². The van der Waals surface area contributed by atoms with E-state index < -0.39 is 40.5 Å². The van der Waals surface area contributed by atoms with E-state index in [0.29, 0.717) is 28.8 Å². The SMILES string of the molecule is COc1ccc(-[n+]2noc([O-])c2C(=O)CSc2nc(-c3ccccc3)cc(C(F)(F)F)c2C#N)cc1. The number of carbonyl (C=O) groups excluding carboxylic acids is 1. The molecule has 0 radical (unpaired) electrons. The number of benzene rings is 2. The van der Waals surface area contributed by atoms with Crippen LogP contribution in [0.2, 0.25) is 0 Å². The monoisotopic (exact) mass is 512 g/mol. The van der Waals surface area contributed by atoms with Crippen molar-refractivity contribution in [1.29, 1.82) is 5.26 Å². The minimum absolute atomic E-state index is 0.0142. The van der Waals surface area contributed by atoms with Crippen molar-refractivity contribution in [3.63, 3.8) is 0 Å². The van der Waals surface area contributed by atoms with Gasteiger partial charge in [-0.1, -0.05) is 42.1 Å². The molecule has 2 heterocycles. The molecule has 4 aromatic rings. The highest BCUT2D eigenvalue weighted by atomic mass is 32.2. The normalized spacial score (nSPS) is 11.2. The van der Waals surface area contributed by atoms with Crippen LogP contribution in [0.25, 0.3) is 16.9 Å². The number of alkyl halides is 3. The predicted molar refractivity (Wildman–Crippen MR) is 118 cm³/mol. The van der Waals surface area contributed by atoms with E-state index in [-0.39, 0.29) is 10.7 Å². The van der Waals surface area contributed by atoms with Gasteiger partial charge in [0.15, 0.2) is 5.95 Å². The summed E-state index contributed by atoms with van der Waals surface area (Å²) in [6, 6.07) is 16.7. The van der Waals surface area contributed by atoms with Crippen molar-refractivity contribution in [2.24, 2.45) is 0 Å². The first-order valence-electron chi connectivity index (χ1n) is 10.2. The lowest BCUT2D eigenvalue weighted by Gasteiger charge is -2.14. The number of Topliss-reactive ketones (excluding diaryl/α,β-unsaturated/α-hetero) is 1. The van der Waals surface area contributed by atoms with Gasteiger partial charge < -0.3 is 14.4 Å². The van der Waals surface area contributed by atoms with E-state index >= 15 is 0 Å². The third-order valence-electron chi connectivity index (χ3n) is 5.00. The van der Waals surface area contributed by atoms with Crippen molar-refractivity contribution in [1.82, 2.24) is 10.3 Å². The number of thioether (sulfide) groups is 1. The number of nitriles is 1. The summed E-state index contributed by atoms with van der Waals surface area (Å²) in [7, 11) is 1.47. The summed E-state index contributed by atoms with van der Waals surface area (Å²) in [6.45, 7) is 0. The molecule has 0 N–H and O–H groups in total. The van der Waals surface area contributed by atoms with Crippen LogP contribution in [0.3, 0.4) is 0 Å². The number of nitrogens with zero attached hydrogens (tertiary/aromatic N) is 4. The van der Waals surface area contributed by atoms with Gasteiger partial charge in [0.2, 0.25) is 11.5 Å². The summed E-state index contributed by atoms with van der Waals surface area (Å²) < 4.78 is 52.0. The molecule has 4 rings (SSSR count). The number of aromatic nitrogens is 3. The number of methoxy groups -OCH3 is 1. The highest BCUT2D eigenvalue weighted by Crippen LogP contribution is 2.38. The van der Waals surface area contributed by atoms with E-state index in [9.17, 15) is 28.3 Å². The molecule has 0 unspecified atom stereocenters. The van der Waals surface area contributed by atoms with Crippen LogP contribution < -0.4 is 14.5 Å². The van der Waals surface area contributed by atoms with Crippen molar-refractivity contribution in [2.75, 3.05) is 12.9 Å². The van der Waals surface area contributed by atoms with E-state index in [1.165, 1.54) is 7.11 Å². The first-order valence-corrected chi connectivity index (χ1v) is 11.2. The van der Waals surface area contributed by atoms with Crippen molar-refractivity contribution in [3.8, 4) is 34.7 Å². The topological polar surface area (TPSA) is 116 Å². The fourth-order valence-corrected chi connectivity index (χ4v) is 4.16. The van der Waals surface area contributed by atoms with Crippen LogP contribution in [0, 0.1) is 11.3 Å². The van der Waals surface area contributed by atoms with Crippen LogP contribution in [-0.2, 0) is 6.18 Å². The van der Waals surface area contributed by atoms with Gasteiger partial charge in [-0.2, -0.15) is 18.4 Å². The molecule has 0 saturated heterocycles. The number of ketones is 1. The lowest BCUT2D eigenvalue weighted by atomic mass is 10.1. The molecule has 0 saturated carbocycles. The standard InChI is InChI=1S/C24H15F3N4O4S/c1-34-16-9-7-15(8-10-16)31-21(23(33)35-30-31)20(32)13-36-22-17(12-28)18(24(25,26)27)11-19(29-22)14-5-3-2-4-6-14/h2-11H,13H2,1H3. The number of halogens is 3. The first-order chi connectivity index (χ1) is 17.2. The zero-order valence-corrected chi connectivity index (χ0v) is 19.3. The van der Waals surface area contributed by atoms with Gasteiger partial charge in [-0.15, -0.1) is 0 Å². The van der Waals surface area contributed by atoms with Gasteiger partial charge in [0.25, 0.3) is 0 Å².